The van der Waals surface area contributed by atoms with E-state index in [1.807, 2.05) is 43.3 Å². The van der Waals surface area contributed by atoms with Crippen LogP contribution in [0.25, 0.3) is 5.57 Å². The minimum atomic E-state index is -0.248. The van der Waals surface area contributed by atoms with Gasteiger partial charge in [0, 0.05) is 6.61 Å². The summed E-state index contributed by atoms with van der Waals surface area (Å²) in [5.74, 6) is 0.127. The van der Waals surface area contributed by atoms with Crippen molar-refractivity contribution >= 4 is 11.5 Å². The highest BCUT2D eigenvalue weighted by molar-refractivity contribution is 6.19. The number of hydrogen-bond acceptors (Lipinski definition) is 3. The van der Waals surface area contributed by atoms with Crippen LogP contribution >= 0.6 is 0 Å². The molecule has 0 radical (unpaired) electrons. The SMILES string of the molecule is CCO[C@@H]1C[C@@H](c2ccccc2)CC2=C(c3ccccc3)C(=O)O[C@H]21. The van der Waals surface area contributed by atoms with Crippen molar-refractivity contribution in [3.05, 3.63) is 77.4 Å². The van der Waals surface area contributed by atoms with Crippen LogP contribution in [0.1, 0.15) is 36.8 Å². The smallest absolute Gasteiger partial charge is 0.339 e. The van der Waals surface area contributed by atoms with Crippen LogP contribution in [0.15, 0.2) is 66.2 Å². The lowest BCUT2D eigenvalue weighted by atomic mass is 9.76. The van der Waals surface area contributed by atoms with Gasteiger partial charge in [0.15, 0.2) is 6.10 Å². The van der Waals surface area contributed by atoms with Gasteiger partial charge in [0.05, 0.1) is 11.7 Å². The molecule has 3 nitrogen and oxygen atoms in total. The Morgan fingerprint density at radius 3 is 2.40 bits per heavy atom. The van der Waals surface area contributed by atoms with E-state index in [0.29, 0.717) is 12.5 Å². The molecule has 1 aliphatic carbocycles. The van der Waals surface area contributed by atoms with Crippen molar-refractivity contribution in [2.24, 2.45) is 0 Å². The van der Waals surface area contributed by atoms with E-state index in [9.17, 15) is 4.79 Å². The number of esters is 1. The highest BCUT2D eigenvalue weighted by atomic mass is 16.6. The first-order chi connectivity index (χ1) is 12.3. The zero-order valence-electron chi connectivity index (χ0n) is 14.4. The van der Waals surface area contributed by atoms with Gasteiger partial charge in [-0.2, -0.15) is 0 Å². The minimum absolute atomic E-state index is 0.0795. The van der Waals surface area contributed by atoms with Gasteiger partial charge < -0.3 is 9.47 Å². The van der Waals surface area contributed by atoms with Crippen LogP contribution < -0.4 is 0 Å². The predicted molar refractivity (Wildman–Crippen MR) is 97.1 cm³/mol. The molecule has 0 unspecified atom stereocenters. The molecule has 128 valence electrons. The molecule has 0 aromatic heterocycles. The Bertz CT molecular complexity index is 779. The molecule has 2 aromatic rings. The first-order valence-corrected chi connectivity index (χ1v) is 8.94. The molecule has 0 amide bonds. The normalized spacial score (nSPS) is 25.6. The largest absolute Gasteiger partial charge is 0.451 e. The molecule has 2 aromatic carbocycles. The predicted octanol–water partition coefficient (Wildman–Crippen LogP) is 4.35. The molecule has 25 heavy (non-hydrogen) atoms. The zero-order chi connectivity index (χ0) is 17.2. The highest BCUT2D eigenvalue weighted by Gasteiger charge is 2.45. The Labute approximate surface area is 148 Å². The molecule has 1 heterocycles. The molecule has 0 bridgehead atoms. The fourth-order valence-corrected chi connectivity index (χ4v) is 4.05. The quantitative estimate of drug-likeness (QED) is 0.780. The number of rotatable bonds is 4. The van der Waals surface area contributed by atoms with Crippen LogP contribution in [0, 0.1) is 0 Å². The summed E-state index contributed by atoms with van der Waals surface area (Å²) >= 11 is 0. The summed E-state index contributed by atoms with van der Waals surface area (Å²) in [7, 11) is 0. The van der Waals surface area contributed by atoms with Crippen molar-refractivity contribution in [2.45, 2.75) is 37.9 Å². The topological polar surface area (TPSA) is 35.5 Å². The Balaban J connectivity index is 1.76. The third kappa shape index (κ3) is 3.00. The lowest BCUT2D eigenvalue weighted by Crippen LogP contribution is -2.37. The summed E-state index contributed by atoms with van der Waals surface area (Å²) in [6.07, 6.45) is 1.39. The Morgan fingerprint density at radius 2 is 1.72 bits per heavy atom. The molecule has 3 heteroatoms. The average Bonchev–Trinajstić information content (AvgIpc) is 2.99. The van der Waals surface area contributed by atoms with Gasteiger partial charge in [0.1, 0.15) is 0 Å². The summed E-state index contributed by atoms with van der Waals surface area (Å²) in [6, 6.07) is 20.3. The number of hydrogen-bond donors (Lipinski definition) is 0. The van der Waals surface area contributed by atoms with E-state index in [2.05, 4.69) is 24.3 Å². The summed E-state index contributed by atoms with van der Waals surface area (Å²) in [6.45, 7) is 2.61. The van der Waals surface area contributed by atoms with E-state index in [4.69, 9.17) is 9.47 Å². The van der Waals surface area contributed by atoms with Crippen LogP contribution in [0.2, 0.25) is 0 Å². The molecule has 1 fully saturated rings. The van der Waals surface area contributed by atoms with Gasteiger partial charge in [-0.3, -0.25) is 0 Å². The highest BCUT2D eigenvalue weighted by Crippen LogP contribution is 2.45. The molecule has 2 aliphatic rings. The number of fused-ring (bicyclic) bond motifs is 1. The van der Waals surface area contributed by atoms with Gasteiger partial charge in [0.2, 0.25) is 0 Å². The van der Waals surface area contributed by atoms with Crippen LogP contribution in [-0.2, 0) is 14.3 Å². The first-order valence-electron chi connectivity index (χ1n) is 8.94. The lowest BCUT2D eigenvalue weighted by Gasteiger charge is -2.34. The molecule has 4 rings (SSSR count). The van der Waals surface area contributed by atoms with Crippen LogP contribution in [-0.4, -0.2) is 24.8 Å². The van der Waals surface area contributed by atoms with Crippen molar-refractivity contribution in [3.63, 3.8) is 0 Å². The number of carbonyl (C=O) groups excluding carboxylic acids is 1. The second kappa shape index (κ2) is 6.85. The molecule has 0 spiro atoms. The molecule has 0 N–H and O–H groups in total. The molecule has 1 aliphatic heterocycles. The first kappa shape index (κ1) is 16.1. The van der Waals surface area contributed by atoms with Crippen LogP contribution in [0.3, 0.4) is 0 Å². The molecule has 3 atom stereocenters. The zero-order valence-corrected chi connectivity index (χ0v) is 14.4. The van der Waals surface area contributed by atoms with Gasteiger partial charge in [0.25, 0.3) is 0 Å². The number of ether oxygens (including phenoxy) is 2. The third-order valence-electron chi connectivity index (χ3n) is 5.14. The van der Waals surface area contributed by atoms with Gasteiger partial charge in [-0.15, -0.1) is 0 Å². The molecule has 1 saturated carbocycles. The fourth-order valence-electron chi connectivity index (χ4n) is 4.05. The van der Waals surface area contributed by atoms with Gasteiger partial charge >= 0.3 is 5.97 Å². The maximum Gasteiger partial charge on any atom is 0.339 e. The Kier molecular flexibility index (Phi) is 4.41. The third-order valence-corrected chi connectivity index (χ3v) is 5.14. The van der Waals surface area contributed by atoms with E-state index in [1.54, 1.807) is 0 Å². The second-order valence-electron chi connectivity index (χ2n) is 6.63. The Hall–Kier alpha value is -2.39. The van der Waals surface area contributed by atoms with Crippen LogP contribution in [0.4, 0.5) is 0 Å². The number of carbonyl (C=O) groups is 1. The summed E-state index contributed by atoms with van der Waals surface area (Å²) in [4.78, 5) is 12.6. The van der Waals surface area contributed by atoms with E-state index in [-0.39, 0.29) is 18.2 Å². The number of benzene rings is 2. The van der Waals surface area contributed by atoms with E-state index in [1.165, 1.54) is 5.56 Å². The van der Waals surface area contributed by atoms with Gasteiger partial charge in [-0.05, 0) is 42.4 Å². The minimum Gasteiger partial charge on any atom is -0.451 e. The van der Waals surface area contributed by atoms with Crippen molar-refractivity contribution in [1.82, 2.24) is 0 Å². The molecule has 0 saturated heterocycles. The van der Waals surface area contributed by atoms with Crippen molar-refractivity contribution in [2.75, 3.05) is 6.61 Å². The van der Waals surface area contributed by atoms with Gasteiger partial charge in [-0.25, -0.2) is 4.79 Å². The maximum absolute atomic E-state index is 12.6. The molecular formula is C22H22O3. The fraction of sp³-hybridized carbons (Fsp3) is 0.318. The standard InChI is InChI=1S/C22H22O3/c1-2-24-19-14-17(15-9-5-3-6-10-15)13-18-20(22(23)25-21(18)19)16-11-7-4-8-12-16/h3-12,17,19,21H,2,13-14H2,1H3/t17-,19+,21+/m0/s1. The summed E-state index contributed by atoms with van der Waals surface area (Å²) < 4.78 is 11.7. The van der Waals surface area contributed by atoms with E-state index in [0.717, 1.165) is 29.6 Å². The summed E-state index contributed by atoms with van der Waals surface area (Å²) in [5.41, 5.74) is 4.06. The van der Waals surface area contributed by atoms with Crippen molar-refractivity contribution in [3.8, 4) is 0 Å². The van der Waals surface area contributed by atoms with Crippen molar-refractivity contribution in [1.29, 1.82) is 0 Å². The Morgan fingerprint density at radius 1 is 1.04 bits per heavy atom. The average molecular weight is 334 g/mol. The van der Waals surface area contributed by atoms with Crippen LogP contribution in [0.5, 0.6) is 0 Å². The monoisotopic (exact) mass is 334 g/mol. The molecular weight excluding hydrogens is 312 g/mol. The second-order valence-corrected chi connectivity index (χ2v) is 6.63. The van der Waals surface area contributed by atoms with Crippen molar-refractivity contribution < 1.29 is 14.3 Å². The lowest BCUT2D eigenvalue weighted by molar-refractivity contribution is -0.145. The van der Waals surface area contributed by atoms with Gasteiger partial charge in [-0.1, -0.05) is 60.7 Å². The maximum atomic E-state index is 12.6. The van der Waals surface area contributed by atoms with E-state index < -0.39 is 0 Å². The summed E-state index contributed by atoms with van der Waals surface area (Å²) in [5, 5.41) is 0. The van der Waals surface area contributed by atoms with E-state index >= 15 is 0 Å².